The lowest BCUT2D eigenvalue weighted by Gasteiger charge is -2.30. The molecule has 7 nitrogen and oxygen atoms in total. The number of ether oxygens (including phenoxy) is 1. The first-order valence-corrected chi connectivity index (χ1v) is 10.5. The van der Waals surface area contributed by atoms with E-state index in [2.05, 4.69) is 5.32 Å². The molecule has 0 atom stereocenters. The molecule has 0 saturated carbocycles. The number of rotatable bonds is 7. The van der Waals surface area contributed by atoms with Crippen LogP contribution in [0.5, 0.6) is 5.75 Å². The topological polar surface area (TPSA) is 80.6 Å². The van der Waals surface area contributed by atoms with Crippen molar-refractivity contribution in [3.63, 3.8) is 0 Å². The highest BCUT2D eigenvalue weighted by atomic mass is 16.5. The van der Waals surface area contributed by atoms with Gasteiger partial charge in [-0.1, -0.05) is 60.7 Å². The molecule has 32 heavy (non-hydrogen) atoms. The predicted octanol–water partition coefficient (Wildman–Crippen LogP) is 2.26. The molecule has 1 N–H and O–H groups in total. The number of carbonyl (C=O) groups is 2. The summed E-state index contributed by atoms with van der Waals surface area (Å²) in [5.41, 5.74) is 1.83. The number of pyridine rings is 1. The van der Waals surface area contributed by atoms with Gasteiger partial charge < -0.3 is 19.5 Å². The van der Waals surface area contributed by atoms with E-state index in [1.807, 2.05) is 60.7 Å². The van der Waals surface area contributed by atoms with Crippen molar-refractivity contribution in [3.8, 4) is 5.75 Å². The van der Waals surface area contributed by atoms with Gasteiger partial charge in [0.2, 0.25) is 11.3 Å². The Bertz CT molecular complexity index is 1120. The number of aromatic nitrogens is 1. The van der Waals surface area contributed by atoms with Crippen molar-refractivity contribution in [1.29, 1.82) is 0 Å². The first kappa shape index (κ1) is 21.4. The van der Waals surface area contributed by atoms with E-state index >= 15 is 0 Å². The Hall–Kier alpha value is -3.87. The number of hydrogen-bond donors (Lipinski definition) is 1. The van der Waals surface area contributed by atoms with Crippen LogP contribution < -0.4 is 15.5 Å². The first-order valence-electron chi connectivity index (χ1n) is 10.5. The second-order valence-electron chi connectivity index (χ2n) is 7.62. The zero-order chi connectivity index (χ0) is 22.5. The molecule has 1 aliphatic rings. The van der Waals surface area contributed by atoms with Gasteiger partial charge >= 0.3 is 0 Å². The fraction of sp³-hybridized carbons (Fsp3) is 0.240. The molecular formula is C25H25N3O4. The minimum absolute atomic E-state index is 0.117. The van der Waals surface area contributed by atoms with Crippen LogP contribution in [0.3, 0.4) is 0 Å². The molecule has 0 radical (unpaired) electrons. The Kier molecular flexibility index (Phi) is 6.35. The summed E-state index contributed by atoms with van der Waals surface area (Å²) >= 11 is 0. The molecule has 0 bridgehead atoms. The van der Waals surface area contributed by atoms with Crippen molar-refractivity contribution in [2.45, 2.75) is 12.5 Å². The van der Waals surface area contributed by atoms with Gasteiger partial charge in [0.1, 0.15) is 5.69 Å². The van der Waals surface area contributed by atoms with Crippen LogP contribution in [0.2, 0.25) is 0 Å². The highest BCUT2D eigenvalue weighted by molar-refractivity contribution is 5.93. The number of methoxy groups -OCH3 is 1. The SMILES string of the molecule is COc1cn2c(cc1=O)C(=O)N(CCNC(=O)C(c1ccccc1)c1ccccc1)CC2. The summed E-state index contributed by atoms with van der Waals surface area (Å²) in [6.45, 7) is 1.74. The largest absolute Gasteiger partial charge is 0.491 e. The van der Waals surface area contributed by atoms with Crippen molar-refractivity contribution in [3.05, 3.63) is 100.0 Å². The normalized spacial score (nSPS) is 13.1. The van der Waals surface area contributed by atoms with E-state index in [4.69, 9.17) is 4.74 Å². The van der Waals surface area contributed by atoms with Crippen LogP contribution in [-0.4, -0.2) is 48.0 Å². The Labute approximate surface area is 186 Å². The molecular weight excluding hydrogens is 406 g/mol. The van der Waals surface area contributed by atoms with Crippen molar-refractivity contribution < 1.29 is 14.3 Å². The van der Waals surface area contributed by atoms with Crippen LogP contribution in [0.15, 0.2) is 77.7 Å². The average molecular weight is 431 g/mol. The van der Waals surface area contributed by atoms with E-state index in [1.54, 1.807) is 15.7 Å². The molecule has 7 heteroatoms. The van der Waals surface area contributed by atoms with Gasteiger partial charge in [-0.15, -0.1) is 0 Å². The molecule has 0 aliphatic carbocycles. The number of amides is 2. The van der Waals surface area contributed by atoms with Crippen molar-refractivity contribution >= 4 is 11.8 Å². The minimum atomic E-state index is -0.429. The molecule has 2 aromatic carbocycles. The van der Waals surface area contributed by atoms with Gasteiger partial charge in [0.25, 0.3) is 5.91 Å². The van der Waals surface area contributed by atoms with E-state index in [9.17, 15) is 14.4 Å². The zero-order valence-electron chi connectivity index (χ0n) is 17.9. The van der Waals surface area contributed by atoms with E-state index in [1.165, 1.54) is 13.2 Å². The van der Waals surface area contributed by atoms with Crippen LogP contribution in [-0.2, 0) is 11.3 Å². The second-order valence-corrected chi connectivity index (χ2v) is 7.62. The summed E-state index contributed by atoms with van der Waals surface area (Å²) in [5, 5.41) is 2.98. The van der Waals surface area contributed by atoms with Gasteiger partial charge in [0.05, 0.1) is 19.2 Å². The van der Waals surface area contributed by atoms with Crippen LogP contribution in [0.4, 0.5) is 0 Å². The van der Waals surface area contributed by atoms with Gasteiger partial charge in [-0.25, -0.2) is 0 Å². The number of nitrogens with one attached hydrogen (secondary N) is 1. The zero-order valence-corrected chi connectivity index (χ0v) is 17.9. The standard InChI is InChI=1S/C25H25N3O4/c1-32-22-17-28-15-14-27(25(31)20(28)16-21(22)29)13-12-26-24(30)23(18-8-4-2-5-9-18)19-10-6-3-7-11-19/h2-11,16-17,23H,12-15H2,1H3,(H,26,30). The Balaban J connectivity index is 1.43. The Morgan fingerprint density at radius 2 is 1.62 bits per heavy atom. The summed E-state index contributed by atoms with van der Waals surface area (Å²) in [7, 11) is 1.43. The number of carbonyl (C=O) groups excluding carboxylic acids is 2. The maximum atomic E-state index is 13.1. The third-order valence-corrected chi connectivity index (χ3v) is 5.64. The highest BCUT2D eigenvalue weighted by Gasteiger charge is 2.26. The lowest BCUT2D eigenvalue weighted by Crippen LogP contribution is -2.45. The quantitative estimate of drug-likeness (QED) is 0.622. The van der Waals surface area contributed by atoms with Gasteiger partial charge in [0.15, 0.2) is 5.75 Å². The lowest BCUT2D eigenvalue weighted by atomic mass is 9.90. The first-order chi connectivity index (χ1) is 15.6. The minimum Gasteiger partial charge on any atom is -0.491 e. The van der Waals surface area contributed by atoms with Gasteiger partial charge in [-0.3, -0.25) is 14.4 Å². The third-order valence-electron chi connectivity index (χ3n) is 5.64. The Morgan fingerprint density at radius 1 is 1.00 bits per heavy atom. The number of fused-ring (bicyclic) bond motifs is 1. The van der Waals surface area contributed by atoms with Crippen molar-refractivity contribution in [1.82, 2.24) is 14.8 Å². The van der Waals surface area contributed by atoms with Crippen LogP contribution >= 0.6 is 0 Å². The summed E-state index contributed by atoms with van der Waals surface area (Å²) in [6, 6.07) is 20.6. The molecule has 2 heterocycles. The van der Waals surface area contributed by atoms with Gasteiger partial charge in [-0.2, -0.15) is 0 Å². The number of nitrogens with zero attached hydrogens (tertiary/aromatic N) is 2. The Morgan fingerprint density at radius 3 is 2.22 bits per heavy atom. The maximum Gasteiger partial charge on any atom is 0.270 e. The number of benzene rings is 2. The molecule has 4 rings (SSSR count). The van der Waals surface area contributed by atoms with Crippen molar-refractivity contribution in [2.75, 3.05) is 26.7 Å². The maximum absolute atomic E-state index is 13.1. The molecule has 0 unspecified atom stereocenters. The molecule has 2 amide bonds. The van der Waals surface area contributed by atoms with Crippen LogP contribution in [0, 0.1) is 0 Å². The van der Waals surface area contributed by atoms with Crippen LogP contribution in [0.1, 0.15) is 27.5 Å². The molecule has 0 fully saturated rings. The van der Waals surface area contributed by atoms with Gasteiger partial charge in [-0.05, 0) is 11.1 Å². The van der Waals surface area contributed by atoms with Gasteiger partial charge in [0, 0.05) is 32.2 Å². The third kappa shape index (κ3) is 4.42. The summed E-state index contributed by atoms with van der Waals surface area (Å²) in [4.78, 5) is 39.7. The van der Waals surface area contributed by atoms with Crippen molar-refractivity contribution in [2.24, 2.45) is 0 Å². The van der Waals surface area contributed by atoms with E-state index in [0.717, 1.165) is 11.1 Å². The molecule has 0 saturated heterocycles. The van der Waals surface area contributed by atoms with E-state index in [0.29, 0.717) is 31.9 Å². The predicted molar refractivity (Wildman–Crippen MR) is 121 cm³/mol. The molecule has 1 aliphatic heterocycles. The fourth-order valence-corrected chi connectivity index (χ4v) is 3.98. The number of hydrogen-bond acceptors (Lipinski definition) is 4. The molecule has 1 aromatic heterocycles. The smallest absolute Gasteiger partial charge is 0.270 e. The lowest BCUT2D eigenvalue weighted by molar-refractivity contribution is -0.121. The highest BCUT2D eigenvalue weighted by Crippen LogP contribution is 2.24. The molecule has 3 aromatic rings. The second kappa shape index (κ2) is 9.51. The summed E-state index contributed by atoms with van der Waals surface area (Å²) in [5.74, 6) is -0.558. The fourth-order valence-electron chi connectivity index (χ4n) is 3.98. The monoisotopic (exact) mass is 431 g/mol. The molecule has 0 spiro atoms. The summed E-state index contributed by atoms with van der Waals surface area (Å²) in [6.07, 6.45) is 1.57. The van der Waals surface area contributed by atoms with E-state index < -0.39 is 5.92 Å². The molecule has 164 valence electrons. The average Bonchev–Trinajstić information content (AvgIpc) is 2.82. The van der Waals surface area contributed by atoms with Crippen LogP contribution in [0.25, 0.3) is 0 Å². The summed E-state index contributed by atoms with van der Waals surface area (Å²) < 4.78 is 6.79. The van der Waals surface area contributed by atoms with E-state index in [-0.39, 0.29) is 23.0 Å².